The van der Waals surface area contributed by atoms with Crippen LogP contribution in [0, 0.1) is 0 Å². The molecule has 2 bridgehead atoms. The summed E-state index contributed by atoms with van der Waals surface area (Å²) in [5.41, 5.74) is 2.96. The van der Waals surface area contributed by atoms with Crippen LogP contribution in [0.25, 0.3) is 10.8 Å². The second kappa shape index (κ2) is 6.30. The normalized spacial score (nSPS) is 21.6. The van der Waals surface area contributed by atoms with Crippen LogP contribution in [0.15, 0.2) is 30.3 Å². The van der Waals surface area contributed by atoms with Crippen LogP contribution in [0.5, 0.6) is 5.75 Å². The summed E-state index contributed by atoms with van der Waals surface area (Å²) in [7, 11) is 0. The topological polar surface area (TPSA) is 20.2 Å². The molecule has 2 aliphatic rings. The molecule has 1 nitrogen and oxygen atoms in total. The highest BCUT2D eigenvalue weighted by molar-refractivity contribution is 5.93. The van der Waals surface area contributed by atoms with Crippen molar-refractivity contribution < 1.29 is 5.11 Å². The fourth-order valence-corrected chi connectivity index (χ4v) is 3.72. The van der Waals surface area contributed by atoms with E-state index in [1.807, 2.05) is 45.9 Å². The minimum atomic E-state index is 0.460. The standard InChI is InChI=1S/C15H14O.2C2H6/c16-14-8-13-9-5-6-10(7-9)15(13)12-4-2-1-3-11(12)14;2*1-2/h1-4,8-10,16H,5-7H2;2*1-2H3. The Morgan fingerprint density at radius 2 is 1.50 bits per heavy atom. The van der Waals surface area contributed by atoms with Gasteiger partial charge in [-0.25, -0.2) is 0 Å². The third-order valence-corrected chi connectivity index (χ3v) is 4.38. The molecule has 1 heteroatoms. The van der Waals surface area contributed by atoms with E-state index in [1.54, 1.807) is 0 Å². The van der Waals surface area contributed by atoms with Crippen LogP contribution in [0.4, 0.5) is 0 Å². The first-order chi connectivity index (χ1) is 9.84. The highest BCUT2D eigenvalue weighted by Gasteiger charge is 2.38. The molecular formula is C19H26O. The molecule has 2 aromatic rings. The second-order valence-electron chi connectivity index (χ2n) is 5.15. The van der Waals surface area contributed by atoms with Crippen molar-refractivity contribution in [2.24, 2.45) is 0 Å². The molecule has 0 aliphatic heterocycles. The number of benzene rings is 2. The number of aromatic hydroxyl groups is 1. The van der Waals surface area contributed by atoms with Crippen LogP contribution < -0.4 is 0 Å². The molecule has 2 unspecified atom stereocenters. The highest BCUT2D eigenvalue weighted by atomic mass is 16.3. The predicted octanol–water partition coefficient (Wildman–Crippen LogP) is 5.96. The van der Waals surface area contributed by atoms with Gasteiger partial charge >= 0.3 is 0 Å². The molecule has 4 rings (SSSR count). The summed E-state index contributed by atoms with van der Waals surface area (Å²) in [5.74, 6) is 1.93. The molecule has 0 heterocycles. The molecule has 0 aromatic heterocycles. The minimum absolute atomic E-state index is 0.460. The van der Waals surface area contributed by atoms with E-state index in [2.05, 4.69) is 12.1 Å². The average molecular weight is 270 g/mol. The number of hydrogen-bond donors (Lipinski definition) is 1. The lowest BCUT2D eigenvalue weighted by Gasteiger charge is -2.18. The monoisotopic (exact) mass is 270 g/mol. The summed E-state index contributed by atoms with van der Waals surface area (Å²) >= 11 is 0. The lowest BCUT2D eigenvalue weighted by Crippen LogP contribution is -1.98. The van der Waals surface area contributed by atoms with Gasteiger partial charge in [0.1, 0.15) is 5.75 Å². The molecule has 0 spiro atoms. The average Bonchev–Trinajstić information content (AvgIpc) is 3.13. The van der Waals surface area contributed by atoms with Crippen molar-refractivity contribution >= 4 is 10.8 Å². The van der Waals surface area contributed by atoms with Crippen LogP contribution in [0.2, 0.25) is 0 Å². The molecular weight excluding hydrogens is 244 g/mol. The summed E-state index contributed by atoms with van der Waals surface area (Å²) in [4.78, 5) is 0. The van der Waals surface area contributed by atoms with Crippen LogP contribution in [0.1, 0.15) is 69.9 Å². The van der Waals surface area contributed by atoms with Crippen LogP contribution in [-0.2, 0) is 0 Å². The van der Waals surface area contributed by atoms with Crippen LogP contribution in [0.3, 0.4) is 0 Å². The molecule has 0 radical (unpaired) electrons. The Morgan fingerprint density at radius 1 is 0.900 bits per heavy atom. The van der Waals surface area contributed by atoms with E-state index in [-0.39, 0.29) is 0 Å². The molecule has 108 valence electrons. The first kappa shape index (κ1) is 14.9. The Morgan fingerprint density at radius 3 is 2.20 bits per heavy atom. The van der Waals surface area contributed by atoms with Gasteiger partial charge < -0.3 is 5.11 Å². The third-order valence-electron chi connectivity index (χ3n) is 4.38. The Bertz CT molecular complexity index is 586. The fraction of sp³-hybridized carbons (Fsp3) is 0.474. The van der Waals surface area contributed by atoms with Gasteiger partial charge in [-0.3, -0.25) is 0 Å². The fourth-order valence-electron chi connectivity index (χ4n) is 3.72. The molecule has 2 aliphatic carbocycles. The van der Waals surface area contributed by atoms with E-state index in [0.717, 1.165) is 17.2 Å². The Kier molecular flexibility index (Phi) is 4.69. The van der Waals surface area contributed by atoms with Crippen molar-refractivity contribution in [3.05, 3.63) is 41.5 Å². The molecule has 20 heavy (non-hydrogen) atoms. The van der Waals surface area contributed by atoms with Crippen LogP contribution >= 0.6 is 0 Å². The zero-order chi connectivity index (χ0) is 14.7. The van der Waals surface area contributed by atoms with Gasteiger partial charge in [-0.1, -0.05) is 52.0 Å². The zero-order valence-electron chi connectivity index (χ0n) is 13.1. The number of phenols is 1. The molecule has 2 atom stereocenters. The lowest BCUT2D eigenvalue weighted by molar-refractivity contribution is 0.480. The van der Waals surface area contributed by atoms with E-state index in [9.17, 15) is 5.11 Å². The highest BCUT2D eigenvalue weighted by Crippen LogP contribution is 2.56. The van der Waals surface area contributed by atoms with E-state index in [0.29, 0.717) is 5.75 Å². The van der Waals surface area contributed by atoms with Crippen molar-refractivity contribution in [3.8, 4) is 5.75 Å². The summed E-state index contributed by atoms with van der Waals surface area (Å²) in [5, 5.41) is 12.4. The van der Waals surface area contributed by atoms with E-state index >= 15 is 0 Å². The van der Waals surface area contributed by atoms with E-state index in [4.69, 9.17) is 0 Å². The predicted molar refractivity (Wildman–Crippen MR) is 87.6 cm³/mol. The second-order valence-corrected chi connectivity index (χ2v) is 5.15. The van der Waals surface area contributed by atoms with Gasteiger partial charge in [-0.15, -0.1) is 0 Å². The molecule has 2 aromatic carbocycles. The Balaban J connectivity index is 0.000000340. The van der Waals surface area contributed by atoms with Crippen molar-refractivity contribution in [2.75, 3.05) is 0 Å². The Labute approximate surface area is 122 Å². The summed E-state index contributed by atoms with van der Waals surface area (Å²) in [6, 6.07) is 10.3. The van der Waals surface area contributed by atoms with Gasteiger partial charge in [0.25, 0.3) is 0 Å². The van der Waals surface area contributed by atoms with Crippen molar-refractivity contribution in [1.82, 2.24) is 0 Å². The van der Waals surface area contributed by atoms with E-state index < -0.39 is 0 Å². The number of hydrogen-bond acceptors (Lipinski definition) is 1. The lowest BCUT2D eigenvalue weighted by atomic mass is 9.87. The maximum absolute atomic E-state index is 10.1. The van der Waals surface area contributed by atoms with Gasteiger partial charge in [-0.05, 0) is 53.7 Å². The number of rotatable bonds is 0. The SMILES string of the molecule is CC.CC.Oc1cc2c(c3ccccc13)C1CCC2C1. The largest absolute Gasteiger partial charge is 0.507 e. The van der Waals surface area contributed by atoms with Gasteiger partial charge in [0, 0.05) is 5.39 Å². The van der Waals surface area contributed by atoms with Gasteiger partial charge in [-0.2, -0.15) is 0 Å². The molecule has 1 fully saturated rings. The van der Waals surface area contributed by atoms with Gasteiger partial charge in [0.05, 0.1) is 0 Å². The van der Waals surface area contributed by atoms with E-state index in [1.165, 1.54) is 35.8 Å². The smallest absolute Gasteiger partial charge is 0.123 e. The zero-order valence-corrected chi connectivity index (χ0v) is 13.1. The summed E-state index contributed by atoms with van der Waals surface area (Å²) in [6.45, 7) is 8.00. The van der Waals surface area contributed by atoms with Crippen molar-refractivity contribution in [2.45, 2.75) is 58.8 Å². The first-order valence-electron chi connectivity index (χ1n) is 8.09. The molecule has 0 amide bonds. The first-order valence-corrected chi connectivity index (χ1v) is 8.09. The van der Waals surface area contributed by atoms with Crippen molar-refractivity contribution in [3.63, 3.8) is 0 Å². The van der Waals surface area contributed by atoms with Crippen LogP contribution in [-0.4, -0.2) is 5.11 Å². The van der Waals surface area contributed by atoms with Crippen molar-refractivity contribution in [1.29, 1.82) is 0 Å². The maximum Gasteiger partial charge on any atom is 0.123 e. The quantitative estimate of drug-likeness (QED) is 0.626. The molecule has 1 saturated carbocycles. The third kappa shape index (κ3) is 2.19. The molecule has 0 saturated heterocycles. The number of phenolic OH excluding ortho intramolecular Hbond substituents is 1. The van der Waals surface area contributed by atoms with Gasteiger partial charge in [0.15, 0.2) is 0 Å². The minimum Gasteiger partial charge on any atom is -0.507 e. The van der Waals surface area contributed by atoms with Gasteiger partial charge in [0.2, 0.25) is 0 Å². The maximum atomic E-state index is 10.1. The number of fused-ring (bicyclic) bond motifs is 7. The molecule has 1 N–H and O–H groups in total. The Hall–Kier alpha value is -1.50. The summed E-state index contributed by atoms with van der Waals surface area (Å²) < 4.78 is 0. The summed E-state index contributed by atoms with van der Waals surface area (Å²) in [6.07, 6.45) is 3.96.